The van der Waals surface area contributed by atoms with Crippen molar-refractivity contribution >= 4 is 46.9 Å². The Balaban J connectivity index is 1.70. The molecule has 1 N–H and O–H groups in total. The highest BCUT2D eigenvalue weighted by molar-refractivity contribution is 8.00. The van der Waals surface area contributed by atoms with Gasteiger partial charge in [0, 0.05) is 24.1 Å². The molecule has 0 aliphatic carbocycles. The lowest BCUT2D eigenvalue weighted by Gasteiger charge is -2.55. The van der Waals surface area contributed by atoms with Crippen molar-refractivity contribution in [2.75, 3.05) is 26.0 Å². The van der Waals surface area contributed by atoms with E-state index in [0.717, 1.165) is 9.94 Å². The largest absolute Gasteiger partial charge is 0.481 e. The van der Waals surface area contributed by atoms with Crippen LogP contribution in [0.5, 0.6) is 0 Å². The quantitative estimate of drug-likeness (QED) is 0.382. The number of carbonyl (C=O) groups is 4. The second-order valence-corrected chi connectivity index (χ2v) is 8.77. The number of nitrogens with zero attached hydrogens (tertiary/aromatic N) is 2. The Morgan fingerprint density at radius 2 is 2.18 bits per heavy atom. The summed E-state index contributed by atoms with van der Waals surface area (Å²) in [7, 11) is 1.33. The number of hydrogen-bond acceptors (Lipinski definition) is 8. The predicted octanol–water partition coefficient (Wildman–Crippen LogP) is 0.598. The predicted molar refractivity (Wildman–Crippen MR) is 100 cm³/mol. The highest BCUT2D eigenvalue weighted by Crippen LogP contribution is 2.44. The molecule has 3 rings (SSSR count). The minimum atomic E-state index is -1.37. The molecule has 3 heterocycles. The maximum Gasteiger partial charge on any atom is 0.315 e. The average molecular weight is 428 g/mol. The Morgan fingerprint density at radius 1 is 1.43 bits per heavy atom. The number of thioether (sulfide) groups is 1. The van der Waals surface area contributed by atoms with Gasteiger partial charge >= 0.3 is 11.9 Å². The summed E-state index contributed by atoms with van der Waals surface area (Å²) in [5.74, 6) is -2.28. The summed E-state index contributed by atoms with van der Waals surface area (Å²) in [5.41, 5.74) is -1.37. The van der Waals surface area contributed by atoms with Crippen LogP contribution in [0.3, 0.4) is 0 Å². The van der Waals surface area contributed by atoms with Crippen molar-refractivity contribution in [3.63, 3.8) is 0 Å². The highest BCUT2D eigenvalue weighted by atomic mass is 32.2. The van der Waals surface area contributed by atoms with E-state index in [1.165, 1.54) is 42.0 Å². The van der Waals surface area contributed by atoms with Gasteiger partial charge in [-0.3, -0.25) is 24.0 Å². The number of ether oxygens (including phenoxy) is 1. The number of thiophene rings is 1. The van der Waals surface area contributed by atoms with Crippen LogP contribution in [-0.2, 0) is 35.2 Å². The number of fused-ring (bicyclic) bond motifs is 1. The molecule has 0 bridgehead atoms. The Hall–Kier alpha value is -2.11. The zero-order chi connectivity index (χ0) is 20.5. The summed E-state index contributed by atoms with van der Waals surface area (Å²) in [5, 5.41) is 12.2. The number of carboxylic acids is 1. The van der Waals surface area contributed by atoms with Gasteiger partial charge < -0.3 is 14.7 Å². The molecular weight excluding hydrogens is 408 g/mol. The molecule has 2 saturated heterocycles. The number of amides is 2. The van der Waals surface area contributed by atoms with Crippen LogP contribution in [0.1, 0.15) is 11.8 Å². The number of β-lactam (4-membered cyclic amide) rings is 1. The normalized spacial score (nSPS) is 26.2. The van der Waals surface area contributed by atoms with Gasteiger partial charge in [0.1, 0.15) is 17.4 Å². The number of rotatable bonds is 7. The molecule has 2 amide bonds. The van der Waals surface area contributed by atoms with Crippen LogP contribution < -0.4 is 0 Å². The fourth-order valence-electron chi connectivity index (χ4n) is 3.22. The van der Waals surface area contributed by atoms with E-state index in [4.69, 9.17) is 9.57 Å². The van der Waals surface area contributed by atoms with Gasteiger partial charge in [0.2, 0.25) is 0 Å². The number of carbonyl (C=O) groups excluding carboxylic acids is 3. The van der Waals surface area contributed by atoms with Gasteiger partial charge in [-0.15, -0.1) is 23.1 Å². The average Bonchev–Trinajstić information content (AvgIpc) is 3.16. The SMILES string of the molecule is CON(C(=O)Cc1cccs1)C1C(=O)N2CC(COC(C)=O)(C(=O)O)CS[C@H]12. The monoisotopic (exact) mass is 428 g/mol. The van der Waals surface area contributed by atoms with Crippen LogP contribution >= 0.6 is 23.1 Å². The molecule has 2 aliphatic heterocycles. The van der Waals surface area contributed by atoms with Gasteiger partial charge in [0.15, 0.2) is 6.04 Å². The third-order valence-corrected chi connectivity index (χ3v) is 7.17. The second-order valence-electron chi connectivity index (χ2n) is 6.64. The van der Waals surface area contributed by atoms with Crippen LogP contribution in [0, 0.1) is 5.41 Å². The summed E-state index contributed by atoms with van der Waals surface area (Å²) in [6, 6.07) is 2.87. The molecule has 0 saturated carbocycles. The standard InChI is InChI=1S/C17H20N2O7S2/c1-10(20)26-8-17(16(23)24)7-18-14(22)13(15(18)28-9-17)19(25-2)12(21)6-11-4-3-5-27-11/h3-5,13,15H,6-9H2,1-2H3,(H,23,24)/t13?,15-,17?/m1/s1. The maximum absolute atomic E-state index is 12.7. The van der Waals surface area contributed by atoms with Crippen LogP contribution in [0.15, 0.2) is 17.5 Å². The molecule has 0 radical (unpaired) electrons. The molecule has 1 aromatic rings. The van der Waals surface area contributed by atoms with E-state index in [-0.39, 0.29) is 37.1 Å². The molecule has 3 atom stereocenters. The molecule has 11 heteroatoms. The number of aliphatic carboxylic acids is 1. The zero-order valence-electron chi connectivity index (χ0n) is 15.3. The summed E-state index contributed by atoms with van der Waals surface area (Å²) in [6.45, 7) is 0.811. The van der Waals surface area contributed by atoms with Crippen molar-refractivity contribution in [1.29, 1.82) is 0 Å². The van der Waals surface area contributed by atoms with Crippen LogP contribution in [0.4, 0.5) is 0 Å². The summed E-state index contributed by atoms with van der Waals surface area (Å²) in [4.78, 5) is 55.6. The van der Waals surface area contributed by atoms with Gasteiger partial charge in [-0.05, 0) is 11.4 Å². The topological polar surface area (TPSA) is 113 Å². The fraction of sp³-hybridized carbons (Fsp3) is 0.529. The molecule has 2 unspecified atom stereocenters. The second kappa shape index (κ2) is 8.10. The summed E-state index contributed by atoms with van der Waals surface area (Å²) in [6.07, 6.45) is 0.123. The van der Waals surface area contributed by atoms with Crippen molar-refractivity contribution < 1.29 is 33.9 Å². The van der Waals surface area contributed by atoms with Gasteiger partial charge in [-0.1, -0.05) is 6.07 Å². The van der Waals surface area contributed by atoms with Crippen molar-refractivity contribution in [1.82, 2.24) is 9.96 Å². The van der Waals surface area contributed by atoms with Gasteiger partial charge in [-0.25, -0.2) is 5.06 Å². The third-order valence-electron chi connectivity index (χ3n) is 4.72. The van der Waals surface area contributed by atoms with Crippen LogP contribution in [0.25, 0.3) is 0 Å². The Morgan fingerprint density at radius 3 is 2.75 bits per heavy atom. The number of hydroxylamine groups is 2. The molecule has 2 fully saturated rings. The summed E-state index contributed by atoms with van der Waals surface area (Å²) >= 11 is 2.68. The lowest BCUT2D eigenvalue weighted by Crippen LogP contribution is -2.74. The van der Waals surface area contributed by atoms with Crippen molar-refractivity contribution in [3.8, 4) is 0 Å². The van der Waals surface area contributed by atoms with Gasteiger partial charge in [-0.2, -0.15) is 0 Å². The first-order valence-electron chi connectivity index (χ1n) is 8.46. The molecule has 0 aromatic carbocycles. The van der Waals surface area contributed by atoms with Crippen LogP contribution in [0.2, 0.25) is 0 Å². The van der Waals surface area contributed by atoms with Gasteiger partial charge in [0.25, 0.3) is 11.8 Å². The fourth-order valence-corrected chi connectivity index (χ4v) is 5.47. The van der Waals surface area contributed by atoms with E-state index >= 15 is 0 Å². The molecule has 9 nitrogen and oxygen atoms in total. The van der Waals surface area contributed by atoms with Crippen LogP contribution in [-0.4, -0.2) is 76.3 Å². The molecule has 152 valence electrons. The van der Waals surface area contributed by atoms with E-state index in [0.29, 0.717) is 0 Å². The number of esters is 1. The molecule has 28 heavy (non-hydrogen) atoms. The zero-order valence-corrected chi connectivity index (χ0v) is 17.0. The number of carboxylic acid groups (broad SMARTS) is 1. The lowest BCUT2D eigenvalue weighted by atomic mass is 9.88. The van der Waals surface area contributed by atoms with Gasteiger partial charge in [0.05, 0.1) is 13.5 Å². The van der Waals surface area contributed by atoms with E-state index in [9.17, 15) is 24.3 Å². The highest BCUT2D eigenvalue weighted by Gasteiger charge is 2.60. The Labute approximate surface area is 169 Å². The summed E-state index contributed by atoms with van der Waals surface area (Å²) < 4.78 is 4.92. The van der Waals surface area contributed by atoms with Crippen molar-refractivity contribution in [2.24, 2.45) is 5.41 Å². The minimum Gasteiger partial charge on any atom is -0.481 e. The maximum atomic E-state index is 12.7. The van der Waals surface area contributed by atoms with Crippen molar-refractivity contribution in [2.45, 2.75) is 24.8 Å². The third kappa shape index (κ3) is 3.74. The lowest BCUT2D eigenvalue weighted by molar-refractivity contribution is -0.212. The van der Waals surface area contributed by atoms with E-state index in [1.54, 1.807) is 0 Å². The van der Waals surface area contributed by atoms with E-state index in [1.807, 2.05) is 17.5 Å². The molecular formula is C17H20N2O7S2. The first-order valence-corrected chi connectivity index (χ1v) is 10.4. The Kier molecular flexibility index (Phi) is 5.96. The van der Waals surface area contributed by atoms with Crippen molar-refractivity contribution in [3.05, 3.63) is 22.4 Å². The van der Waals surface area contributed by atoms with E-state index < -0.39 is 28.8 Å². The smallest absolute Gasteiger partial charge is 0.315 e. The minimum absolute atomic E-state index is 0.0840. The first-order chi connectivity index (χ1) is 13.3. The first kappa shape index (κ1) is 20.6. The van der Waals surface area contributed by atoms with E-state index in [2.05, 4.69) is 0 Å². The Bertz CT molecular complexity index is 784. The molecule has 1 aromatic heterocycles. The number of hydrogen-bond donors (Lipinski definition) is 1. The molecule has 0 spiro atoms. The molecule has 2 aliphatic rings.